The van der Waals surface area contributed by atoms with E-state index in [9.17, 15) is 4.79 Å². The molecule has 120 valence electrons. The van der Waals surface area contributed by atoms with Crippen LogP contribution in [0.15, 0.2) is 71.5 Å². The van der Waals surface area contributed by atoms with Crippen molar-refractivity contribution in [3.05, 3.63) is 82.6 Å². The summed E-state index contributed by atoms with van der Waals surface area (Å²) in [6.07, 6.45) is 3.02. The van der Waals surface area contributed by atoms with Crippen LogP contribution in [0.2, 0.25) is 0 Å². The van der Waals surface area contributed by atoms with Gasteiger partial charge in [-0.25, -0.2) is 9.97 Å². The van der Waals surface area contributed by atoms with Gasteiger partial charge in [0.25, 0.3) is 5.91 Å². The maximum atomic E-state index is 12.1. The van der Waals surface area contributed by atoms with E-state index in [-0.39, 0.29) is 5.91 Å². The highest BCUT2D eigenvalue weighted by Gasteiger charge is 2.07. The van der Waals surface area contributed by atoms with Gasteiger partial charge in [0.15, 0.2) is 0 Å². The van der Waals surface area contributed by atoms with Crippen LogP contribution in [0.25, 0.3) is 0 Å². The van der Waals surface area contributed by atoms with Gasteiger partial charge in [-0.05, 0) is 23.8 Å². The molecule has 1 heterocycles. The van der Waals surface area contributed by atoms with Crippen LogP contribution < -0.4 is 10.6 Å². The van der Waals surface area contributed by atoms with Gasteiger partial charge in [0.1, 0.15) is 0 Å². The normalized spacial score (nSPS) is 10.2. The van der Waals surface area contributed by atoms with Gasteiger partial charge in [-0.15, -0.1) is 0 Å². The molecule has 24 heavy (non-hydrogen) atoms. The minimum absolute atomic E-state index is 0.201. The molecule has 0 atom stereocenters. The first-order valence-corrected chi connectivity index (χ1v) is 8.17. The lowest BCUT2D eigenvalue weighted by atomic mass is 10.2. The van der Waals surface area contributed by atoms with Crippen LogP contribution in [0.5, 0.6) is 0 Å². The Balaban J connectivity index is 1.60. The van der Waals surface area contributed by atoms with Crippen LogP contribution >= 0.6 is 15.9 Å². The first-order valence-electron chi connectivity index (χ1n) is 7.37. The maximum Gasteiger partial charge on any atom is 0.254 e. The molecule has 2 N–H and O–H groups in total. The smallest absolute Gasteiger partial charge is 0.254 e. The van der Waals surface area contributed by atoms with Gasteiger partial charge < -0.3 is 10.6 Å². The van der Waals surface area contributed by atoms with Crippen LogP contribution in [0.1, 0.15) is 15.9 Å². The molecular formula is C18H15BrN4O. The predicted molar refractivity (Wildman–Crippen MR) is 97.1 cm³/mol. The Labute approximate surface area is 148 Å². The van der Waals surface area contributed by atoms with Crippen molar-refractivity contribution in [2.24, 2.45) is 0 Å². The van der Waals surface area contributed by atoms with Crippen molar-refractivity contribution in [3.8, 4) is 0 Å². The number of aromatic nitrogens is 2. The Morgan fingerprint density at radius 1 is 1.00 bits per heavy atom. The monoisotopic (exact) mass is 382 g/mol. The molecule has 0 saturated heterocycles. The first-order chi connectivity index (χ1) is 11.7. The zero-order valence-corrected chi connectivity index (χ0v) is 14.3. The molecule has 3 rings (SSSR count). The number of carbonyl (C=O) groups is 1. The van der Waals surface area contributed by atoms with E-state index in [4.69, 9.17) is 0 Å². The van der Waals surface area contributed by atoms with E-state index in [1.54, 1.807) is 0 Å². The number of halogens is 1. The molecule has 6 heteroatoms. The standard InChI is InChI=1S/C18H15BrN4O/c19-15-7-4-8-16(9-15)23-18-21-11-14(12-22-18)17(24)20-10-13-5-2-1-3-6-13/h1-9,11-12H,10H2,(H,20,24)(H,21,22,23). The summed E-state index contributed by atoms with van der Waals surface area (Å²) in [5, 5.41) is 5.93. The van der Waals surface area contributed by atoms with Gasteiger partial charge in [-0.3, -0.25) is 4.79 Å². The van der Waals surface area contributed by atoms with Crippen molar-refractivity contribution >= 4 is 33.5 Å². The third kappa shape index (κ3) is 4.39. The third-order valence-corrected chi connectivity index (χ3v) is 3.78. The zero-order chi connectivity index (χ0) is 16.8. The first kappa shape index (κ1) is 16.1. The molecule has 0 aliphatic rings. The SMILES string of the molecule is O=C(NCc1ccccc1)c1cnc(Nc2cccc(Br)c2)nc1. The number of rotatable bonds is 5. The highest BCUT2D eigenvalue weighted by Crippen LogP contribution is 2.18. The molecule has 1 amide bonds. The Morgan fingerprint density at radius 3 is 2.46 bits per heavy atom. The van der Waals surface area contributed by atoms with E-state index in [2.05, 4.69) is 36.5 Å². The fourth-order valence-electron chi connectivity index (χ4n) is 2.09. The fourth-order valence-corrected chi connectivity index (χ4v) is 2.48. The Bertz CT molecular complexity index is 822. The Hall–Kier alpha value is -2.73. The summed E-state index contributed by atoms with van der Waals surface area (Å²) in [6.45, 7) is 0.470. The maximum absolute atomic E-state index is 12.1. The largest absolute Gasteiger partial charge is 0.348 e. The van der Waals surface area contributed by atoms with E-state index >= 15 is 0 Å². The summed E-state index contributed by atoms with van der Waals surface area (Å²) in [4.78, 5) is 20.5. The van der Waals surface area contributed by atoms with Crippen LogP contribution in [0, 0.1) is 0 Å². The average Bonchev–Trinajstić information content (AvgIpc) is 2.61. The second kappa shape index (κ2) is 7.70. The highest BCUT2D eigenvalue weighted by atomic mass is 79.9. The van der Waals surface area contributed by atoms with E-state index in [1.165, 1.54) is 12.4 Å². The van der Waals surface area contributed by atoms with Gasteiger partial charge in [0.05, 0.1) is 5.56 Å². The number of anilines is 2. The van der Waals surface area contributed by atoms with Crippen molar-refractivity contribution in [3.63, 3.8) is 0 Å². The summed E-state index contributed by atoms with van der Waals surface area (Å²) >= 11 is 3.41. The molecule has 0 unspecified atom stereocenters. The van der Waals surface area contributed by atoms with Gasteiger partial charge in [0, 0.05) is 29.1 Å². The lowest BCUT2D eigenvalue weighted by Gasteiger charge is -2.07. The van der Waals surface area contributed by atoms with E-state index in [1.807, 2.05) is 54.6 Å². The van der Waals surface area contributed by atoms with Gasteiger partial charge in [0.2, 0.25) is 5.95 Å². The quantitative estimate of drug-likeness (QED) is 0.701. The van der Waals surface area contributed by atoms with E-state index < -0.39 is 0 Å². The van der Waals surface area contributed by atoms with Gasteiger partial charge in [-0.1, -0.05) is 52.3 Å². The van der Waals surface area contributed by atoms with Crippen molar-refractivity contribution in [1.29, 1.82) is 0 Å². The van der Waals surface area contributed by atoms with Gasteiger partial charge >= 0.3 is 0 Å². The number of nitrogens with one attached hydrogen (secondary N) is 2. The molecule has 0 radical (unpaired) electrons. The number of carbonyl (C=O) groups excluding carboxylic acids is 1. The van der Waals surface area contributed by atoms with Crippen molar-refractivity contribution in [2.45, 2.75) is 6.54 Å². The van der Waals surface area contributed by atoms with Crippen molar-refractivity contribution in [1.82, 2.24) is 15.3 Å². The lowest BCUT2D eigenvalue weighted by molar-refractivity contribution is 0.0950. The summed E-state index contributed by atoms with van der Waals surface area (Å²) in [7, 11) is 0. The molecule has 5 nitrogen and oxygen atoms in total. The molecule has 0 bridgehead atoms. The summed E-state index contributed by atoms with van der Waals surface area (Å²) in [6, 6.07) is 17.4. The predicted octanol–water partition coefficient (Wildman–Crippen LogP) is 3.91. The van der Waals surface area contributed by atoms with Crippen LogP contribution in [0.3, 0.4) is 0 Å². The van der Waals surface area contributed by atoms with Gasteiger partial charge in [-0.2, -0.15) is 0 Å². The van der Waals surface area contributed by atoms with E-state index in [0.29, 0.717) is 18.1 Å². The van der Waals surface area contributed by atoms with Crippen molar-refractivity contribution in [2.75, 3.05) is 5.32 Å². The Kier molecular flexibility index (Phi) is 5.18. The molecular weight excluding hydrogens is 368 g/mol. The summed E-state index contributed by atoms with van der Waals surface area (Å²) in [5.74, 6) is 0.237. The second-order valence-corrected chi connectivity index (χ2v) is 6.01. The lowest BCUT2D eigenvalue weighted by Crippen LogP contribution is -2.23. The minimum atomic E-state index is -0.201. The number of benzene rings is 2. The molecule has 1 aromatic heterocycles. The molecule has 2 aromatic carbocycles. The highest BCUT2D eigenvalue weighted by molar-refractivity contribution is 9.10. The third-order valence-electron chi connectivity index (χ3n) is 3.29. The minimum Gasteiger partial charge on any atom is -0.348 e. The van der Waals surface area contributed by atoms with E-state index in [0.717, 1.165) is 15.7 Å². The topological polar surface area (TPSA) is 66.9 Å². The van der Waals surface area contributed by atoms with Crippen LogP contribution in [-0.4, -0.2) is 15.9 Å². The number of amides is 1. The summed E-state index contributed by atoms with van der Waals surface area (Å²) < 4.78 is 0.962. The van der Waals surface area contributed by atoms with Crippen molar-refractivity contribution < 1.29 is 4.79 Å². The van der Waals surface area contributed by atoms with Crippen LogP contribution in [-0.2, 0) is 6.54 Å². The Morgan fingerprint density at radius 2 is 1.75 bits per heavy atom. The average molecular weight is 383 g/mol. The molecule has 0 saturated carbocycles. The molecule has 0 aliphatic carbocycles. The molecule has 0 aliphatic heterocycles. The number of hydrogen-bond donors (Lipinski definition) is 2. The second-order valence-electron chi connectivity index (χ2n) is 5.10. The fraction of sp³-hybridized carbons (Fsp3) is 0.0556. The summed E-state index contributed by atoms with van der Waals surface area (Å²) in [5.41, 5.74) is 2.33. The molecule has 0 fully saturated rings. The molecule has 3 aromatic rings. The number of hydrogen-bond acceptors (Lipinski definition) is 4. The van der Waals surface area contributed by atoms with Crippen LogP contribution in [0.4, 0.5) is 11.6 Å². The zero-order valence-electron chi connectivity index (χ0n) is 12.7. The molecule has 0 spiro atoms. The number of nitrogens with zero attached hydrogens (tertiary/aromatic N) is 2.